The second-order valence-electron chi connectivity index (χ2n) is 5.17. The first-order chi connectivity index (χ1) is 9.94. The summed E-state index contributed by atoms with van der Waals surface area (Å²) in [5.41, 5.74) is 1.89. The van der Waals surface area contributed by atoms with Gasteiger partial charge in [0.25, 0.3) is 0 Å². The number of nitrogens with one attached hydrogen (secondary N) is 1. The third-order valence-corrected chi connectivity index (χ3v) is 3.31. The van der Waals surface area contributed by atoms with Crippen LogP contribution in [0, 0.1) is 12.7 Å². The highest BCUT2D eigenvalue weighted by atomic mass is 79.9. The molecular weight excluding hydrogens is 335 g/mol. The van der Waals surface area contributed by atoms with Gasteiger partial charge >= 0.3 is 0 Å². The molecule has 2 rings (SSSR count). The molecule has 21 heavy (non-hydrogen) atoms. The van der Waals surface area contributed by atoms with E-state index < -0.39 is 5.82 Å². The van der Waals surface area contributed by atoms with Crippen molar-refractivity contribution in [2.45, 2.75) is 33.4 Å². The van der Waals surface area contributed by atoms with E-state index >= 15 is 0 Å². The minimum atomic E-state index is -0.414. The zero-order valence-electron chi connectivity index (χ0n) is 12.3. The SMILES string of the molecule is Cc1cc(CNC(C)C)cc(Oc2cc(Br)ccc2F)n1. The molecule has 1 N–H and O–H groups in total. The van der Waals surface area contributed by atoms with Gasteiger partial charge in [0.2, 0.25) is 5.88 Å². The molecule has 1 aromatic carbocycles. The Morgan fingerprint density at radius 1 is 1.29 bits per heavy atom. The van der Waals surface area contributed by atoms with E-state index in [0.29, 0.717) is 11.9 Å². The van der Waals surface area contributed by atoms with Gasteiger partial charge in [0, 0.05) is 28.8 Å². The average molecular weight is 353 g/mol. The van der Waals surface area contributed by atoms with Crippen LogP contribution in [0.5, 0.6) is 11.6 Å². The van der Waals surface area contributed by atoms with Crippen LogP contribution in [0.3, 0.4) is 0 Å². The third kappa shape index (κ3) is 4.79. The van der Waals surface area contributed by atoms with Gasteiger partial charge in [0.1, 0.15) is 0 Å². The van der Waals surface area contributed by atoms with Crippen molar-refractivity contribution < 1.29 is 9.13 Å². The van der Waals surface area contributed by atoms with Crippen LogP contribution in [0.25, 0.3) is 0 Å². The van der Waals surface area contributed by atoms with Crippen molar-refractivity contribution >= 4 is 15.9 Å². The lowest BCUT2D eigenvalue weighted by Gasteiger charge is -2.11. The lowest BCUT2D eigenvalue weighted by Crippen LogP contribution is -2.21. The number of hydrogen-bond donors (Lipinski definition) is 1. The molecule has 0 saturated heterocycles. The largest absolute Gasteiger partial charge is 0.436 e. The van der Waals surface area contributed by atoms with Crippen LogP contribution in [0.15, 0.2) is 34.8 Å². The van der Waals surface area contributed by atoms with Gasteiger partial charge in [0.15, 0.2) is 11.6 Å². The molecule has 0 radical (unpaired) electrons. The van der Waals surface area contributed by atoms with Gasteiger partial charge in [-0.3, -0.25) is 0 Å². The molecule has 5 heteroatoms. The van der Waals surface area contributed by atoms with Gasteiger partial charge in [-0.25, -0.2) is 9.37 Å². The second-order valence-corrected chi connectivity index (χ2v) is 6.08. The highest BCUT2D eigenvalue weighted by Gasteiger charge is 2.08. The summed E-state index contributed by atoms with van der Waals surface area (Å²) in [5.74, 6) is 0.140. The van der Waals surface area contributed by atoms with E-state index in [1.54, 1.807) is 12.1 Å². The smallest absolute Gasteiger partial charge is 0.219 e. The number of aryl methyl sites for hydroxylation is 1. The number of hydrogen-bond acceptors (Lipinski definition) is 3. The molecule has 1 heterocycles. The Kier molecular flexibility index (Phi) is 5.31. The van der Waals surface area contributed by atoms with Crippen molar-refractivity contribution in [3.63, 3.8) is 0 Å². The summed E-state index contributed by atoms with van der Waals surface area (Å²) in [4.78, 5) is 4.30. The molecule has 0 amide bonds. The van der Waals surface area contributed by atoms with Crippen LogP contribution in [0.2, 0.25) is 0 Å². The maximum atomic E-state index is 13.7. The van der Waals surface area contributed by atoms with E-state index in [0.717, 1.165) is 22.3 Å². The fourth-order valence-electron chi connectivity index (χ4n) is 1.85. The van der Waals surface area contributed by atoms with Gasteiger partial charge in [-0.1, -0.05) is 29.8 Å². The van der Waals surface area contributed by atoms with Gasteiger partial charge in [-0.15, -0.1) is 0 Å². The van der Waals surface area contributed by atoms with Crippen LogP contribution in [-0.4, -0.2) is 11.0 Å². The summed E-state index contributed by atoms with van der Waals surface area (Å²) in [6.45, 7) is 6.78. The Morgan fingerprint density at radius 3 is 2.76 bits per heavy atom. The predicted molar refractivity (Wildman–Crippen MR) is 85.1 cm³/mol. The Hall–Kier alpha value is -1.46. The molecule has 112 valence electrons. The van der Waals surface area contributed by atoms with Crippen molar-refractivity contribution in [3.05, 3.63) is 51.9 Å². The maximum Gasteiger partial charge on any atom is 0.219 e. The van der Waals surface area contributed by atoms with E-state index in [2.05, 4.69) is 40.1 Å². The monoisotopic (exact) mass is 352 g/mol. The second kappa shape index (κ2) is 7.00. The Bertz CT molecular complexity index is 632. The Labute approximate surface area is 132 Å². The molecule has 0 spiro atoms. The van der Waals surface area contributed by atoms with E-state index in [4.69, 9.17) is 4.74 Å². The van der Waals surface area contributed by atoms with Crippen molar-refractivity contribution in [3.8, 4) is 11.6 Å². The van der Waals surface area contributed by atoms with E-state index in [-0.39, 0.29) is 5.75 Å². The number of benzene rings is 1. The fraction of sp³-hybridized carbons (Fsp3) is 0.312. The summed E-state index contributed by atoms with van der Waals surface area (Å²) in [5, 5.41) is 3.34. The van der Waals surface area contributed by atoms with Crippen LogP contribution < -0.4 is 10.1 Å². The predicted octanol–water partition coefficient (Wildman–Crippen LogP) is 4.58. The highest BCUT2D eigenvalue weighted by molar-refractivity contribution is 9.10. The molecular formula is C16H18BrFN2O. The van der Waals surface area contributed by atoms with E-state index in [1.165, 1.54) is 6.07 Å². The maximum absolute atomic E-state index is 13.7. The van der Waals surface area contributed by atoms with Crippen molar-refractivity contribution in [2.75, 3.05) is 0 Å². The number of rotatable bonds is 5. The lowest BCUT2D eigenvalue weighted by molar-refractivity contribution is 0.425. The molecule has 0 saturated carbocycles. The van der Waals surface area contributed by atoms with Gasteiger partial charge in [0.05, 0.1) is 0 Å². The summed E-state index contributed by atoms with van der Waals surface area (Å²) in [6, 6.07) is 8.78. The molecule has 0 unspecified atom stereocenters. The quantitative estimate of drug-likeness (QED) is 0.854. The summed E-state index contributed by atoms with van der Waals surface area (Å²) in [7, 11) is 0. The number of aromatic nitrogens is 1. The Morgan fingerprint density at radius 2 is 2.05 bits per heavy atom. The molecule has 0 aliphatic heterocycles. The van der Waals surface area contributed by atoms with E-state index in [1.807, 2.05) is 19.1 Å². The van der Waals surface area contributed by atoms with Crippen molar-refractivity contribution in [1.82, 2.24) is 10.3 Å². The van der Waals surface area contributed by atoms with Crippen molar-refractivity contribution in [1.29, 1.82) is 0 Å². The number of pyridine rings is 1. The summed E-state index contributed by atoms with van der Waals surface area (Å²) < 4.78 is 20.1. The Balaban J connectivity index is 2.21. The van der Waals surface area contributed by atoms with Crippen LogP contribution >= 0.6 is 15.9 Å². The topological polar surface area (TPSA) is 34.1 Å². The first-order valence-electron chi connectivity index (χ1n) is 6.78. The number of ether oxygens (including phenoxy) is 1. The van der Waals surface area contributed by atoms with Crippen LogP contribution in [0.4, 0.5) is 4.39 Å². The molecule has 1 aromatic heterocycles. The molecule has 0 fully saturated rings. The molecule has 0 bridgehead atoms. The van der Waals surface area contributed by atoms with Gasteiger partial charge in [-0.2, -0.15) is 0 Å². The summed E-state index contributed by atoms with van der Waals surface area (Å²) in [6.07, 6.45) is 0. The average Bonchev–Trinajstić information content (AvgIpc) is 2.40. The number of nitrogens with zero attached hydrogens (tertiary/aromatic N) is 1. The fourth-order valence-corrected chi connectivity index (χ4v) is 2.19. The minimum Gasteiger partial charge on any atom is -0.436 e. The standard InChI is InChI=1S/C16H18BrFN2O/c1-10(2)19-9-12-6-11(3)20-16(7-12)21-15-8-13(17)4-5-14(15)18/h4-8,10,19H,9H2,1-3H3. The zero-order chi connectivity index (χ0) is 15.4. The first kappa shape index (κ1) is 15.9. The first-order valence-corrected chi connectivity index (χ1v) is 7.57. The van der Waals surface area contributed by atoms with Gasteiger partial charge < -0.3 is 10.1 Å². The third-order valence-electron chi connectivity index (χ3n) is 2.81. The number of halogens is 2. The minimum absolute atomic E-state index is 0.158. The zero-order valence-corrected chi connectivity index (χ0v) is 13.9. The molecule has 0 aliphatic rings. The van der Waals surface area contributed by atoms with Crippen LogP contribution in [-0.2, 0) is 6.54 Å². The molecule has 0 atom stereocenters. The van der Waals surface area contributed by atoms with Crippen molar-refractivity contribution in [2.24, 2.45) is 0 Å². The molecule has 3 nitrogen and oxygen atoms in total. The normalized spacial score (nSPS) is 11.0. The van der Waals surface area contributed by atoms with Crippen LogP contribution in [0.1, 0.15) is 25.1 Å². The van der Waals surface area contributed by atoms with Gasteiger partial charge in [-0.05, 0) is 36.8 Å². The highest BCUT2D eigenvalue weighted by Crippen LogP contribution is 2.27. The molecule has 2 aromatic rings. The lowest BCUT2D eigenvalue weighted by atomic mass is 10.2. The van der Waals surface area contributed by atoms with E-state index in [9.17, 15) is 4.39 Å². The molecule has 0 aliphatic carbocycles. The summed E-state index contributed by atoms with van der Waals surface area (Å²) >= 11 is 3.30.